The van der Waals surface area contributed by atoms with Crippen LogP contribution in [-0.4, -0.2) is 50.1 Å². The molecule has 0 spiro atoms. The zero-order chi connectivity index (χ0) is 14.4. The van der Waals surface area contributed by atoms with Crippen molar-refractivity contribution >= 4 is 5.96 Å². The fourth-order valence-corrected chi connectivity index (χ4v) is 2.51. The molecular weight excluding hydrogens is 248 g/mol. The maximum atomic E-state index is 4.29. The van der Waals surface area contributed by atoms with Gasteiger partial charge in [-0.1, -0.05) is 13.8 Å². The van der Waals surface area contributed by atoms with Gasteiger partial charge in [0.25, 0.3) is 0 Å². The van der Waals surface area contributed by atoms with Crippen LogP contribution >= 0.6 is 0 Å². The third-order valence-electron chi connectivity index (χ3n) is 4.18. The van der Waals surface area contributed by atoms with Crippen LogP contribution in [0, 0.1) is 11.8 Å². The molecule has 0 saturated heterocycles. The Morgan fingerprint density at radius 1 is 1.15 bits per heavy atom. The minimum absolute atomic E-state index is 0.740. The highest BCUT2D eigenvalue weighted by atomic mass is 15.2. The van der Waals surface area contributed by atoms with Crippen molar-refractivity contribution in [1.29, 1.82) is 0 Å². The van der Waals surface area contributed by atoms with Crippen molar-refractivity contribution in [2.45, 2.75) is 52.0 Å². The van der Waals surface area contributed by atoms with E-state index in [-0.39, 0.29) is 0 Å². The van der Waals surface area contributed by atoms with E-state index in [9.17, 15) is 0 Å². The van der Waals surface area contributed by atoms with Crippen molar-refractivity contribution in [3.05, 3.63) is 0 Å². The Balaban J connectivity index is 1.59. The molecule has 116 valence electrons. The third kappa shape index (κ3) is 6.12. The van der Waals surface area contributed by atoms with Gasteiger partial charge in [0.05, 0.1) is 0 Å². The van der Waals surface area contributed by atoms with Gasteiger partial charge in [0.1, 0.15) is 0 Å². The molecule has 0 unspecified atom stereocenters. The summed E-state index contributed by atoms with van der Waals surface area (Å²) in [6.45, 7) is 9.00. The number of aliphatic imine (C=N–C) groups is 1. The molecule has 2 aliphatic carbocycles. The molecule has 20 heavy (non-hydrogen) atoms. The van der Waals surface area contributed by atoms with Crippen LogP contribution in [0.4, 0.5) is 0 Å². The number of nitrogens with zero attached hydrogens (tertiary/aromatic N) is 2. The number of guanidine groups is 1. The van der Waals surface area contributed by atoms with Crippen molar-refractivity contribution in [3.63, 3.8) is 0 Å². The lowest BCUT2D eigenvalue weighted by Crippen LogP contribution is -2.42. The number of rotatable bonds is 9. The van der Waals surface area contributed by atoms with Gasteiger partial charge in [-0.25, -0.2) is 0 Å². The van der Waals surface area contributed by atoms with Gasteiger partial charge in [0.15, 0.2) is 5.96 Å². The van der Waals surface area contributed by atoms with Crippen molar-refractivity contribution in [2.75, 3.05) is 33.2 Å². The highest BCUT2D eigenvalue weighted by Gasteiger charge is 2.33. The fraction of sp³-hybridized carbons (Fsp3) is 0.938. The van der Waals surface area contributed by atoms with Crippen LogP contribution in [-0.2, 0) is 0 Å². The first kappa shape index (κ1) is 15.6. The van der Waals surface area contributed by atoms with Gasteiger partial charge in [-0.15, -0.1) is 0 Å². The van der Waals surface area contributed by atoms with E-state index < -0.39 is 0 Å². The molecule has 0 radical (unpaired) electrons. The summed E-state index contributed by atoms with van der Waals surface area (Å²) in [5.74, 6) is 2.69. The topological polar surface area (TPSA) is 39.7 Å². The second-order valence-electron chi connectivity index (χ2n) is 6.78. The van der Waals surface area contributed by atoms with Gasteiger partial charge in [0.2, 0.25) is 0 Å². The molecule has 2 aliphatic rings. The Labute approximate surface area is 124 Å². The Bertz CT molecular complexity index is 306. The van der Waals surface area contributed by atoms with Crippen LogP contribution in [0.3, 0.4) is 0 Å². The second kappa shape index (κ2) is 7.87. The molecule has 2 saturated carbocycles. The number of hydrogen-bond donors (Lipinski definition) is 2. The molecule has 0 aromatic heterocycles. The molecule has 0 bridgehead atoms. The maximum Gasteiger partial charge on any atom is 0.191 e. The summed E-state index contributed by atoms with van der Waals surface area (Å²) >= 11 is 0. The first-order valence-corrected chi connectivity index (χ1v) is 8.37. The van der Waals surface area contributed by atoms with E-state index in [2.05, 4.69) is 34.4 Å². The van der Waals surface area contributed by atoms with Crippen LogP contribution in [0.5, 0.6) is 0 Å². The van der Waals surface area contributed by atoms with Crippen molar-refractivity contribution in [1.82, 2.24) is 15.5 Å². The van der Waals surface area contributed by atoms with E-state index in [1.165, 1.54) is 38.6 Å². The highest BCUT2D eigenvalue weighted by molar-refractivity contribution is 5.79. The second-order valence-corrected chi connectivity index (χ2v) is 6.78. The van der Waals surface area contributed by atoms with Crippen molar-refractivity contribution in [3.8, 4) is 0 Å². The summed E-state index contributed by atoms with van der Waals surface area (Å²) in [5.41, 5.74) is 0. The SMILES string of the molecule is CN=C(NCCC(C)C)NCCN(CC1CC1)C1CC1. The average molecular weight is 280 g/mol. The van der Waals surface area contributed by atoms with Crippen molar-refractivity contribution in [2.24, 2.45) is 16.8 Å². The zero-order valence-electron chi connectivity index (χ0n) is 13.5. The fourth-order valence-electron chi connectivity index (χ4n) is 2.51. The molecule has 0 amide bonds. The van der Waals surface area contributed by atoms with E-state index in [4.69, 9.17) is 0 Å². The van der Waals surface area contributed by atoms with Gasteiger partial charge in [0, 0.05) is 39.3 Å². The molecule has 4 nitrogen and oxygen atoms in total. The van der Waals surface area contributed by atoms with E-state index in [1.54, 1.807) is 0 Å². The predicted octanol–water partition coefficient (Wildman–Crippen LogP) is 2.07. The average Bonchev–Trinajstić information content (AvgIpc) is 3.27. The first-order valence-electron chi connectivity index (χ1n) is 8.37. The molecule has 0 atom stereocenters. The van der Waals surface area contributed by atoms with Crippen LogP contribution < -0.4 is 10.6 Å². The molecule has 0 heterocycles. The van der Waals surface area contributed by atoms with Gasteiger partial charge in [-0.05, 0) is 43.9 Å². The van der Waals surface area contributed by atoms with E-state index in [0.29, 0.717) is 0 Å². The van der Waals surface area contributed by atoms with E-state index in [0.717, 1.165) is 43.5 Å². The van der Waals surface area contributed by atoms with Gasteiger partial charge >= 0.3 is 0 Å². The third-order valence-corrected chi connectivity index (χ3v) is 4.18. The van der Waals surface area contributed by atoms with E-state index >= 15 is 0 Å². The first-order chi connectivity index (χ1) is 9.69. The van der Waals surface area contributed by atoms with Gasteiger partial charge < -0.3 is 10.6 Å². The lowest BCUT2D eigenvalue weighted by molar-refractivity contribution is 0.256. The summed E-state index contributed by atoms with van der Waals surface area (Å²) in [6, 6.07) is 0.883. The highest BCUT2D eigenvalue weighted by Crippen LogP contribution is 2.34. The molecule has 2 N–H and O–H groups in total. The monoisotopic (exact) mass is 280 g/mol. The molecule has 0 aromatic carbocycles. The Hall–Kier alpha value is -0.770. The maximum absolute atomic E-state index is 4.29. The quantitative estimate of drug-likeness (QED) is 0.502. The summed E-state index contributed by atoms with van der Waals surface area (Å²) in [4.78, 5) is 6.98. The standard InChI is InChI=1S/C16H32N4/c1-13(2)8-9-18-16(17-3)19-10-11-20(15-6-7-15)12-14-4-5-14/h13-15H,4-12H2,1-3H3,(H2,17,18,19). The van der Waals surface area contributed by atoms with Crippen LogP contribution in [0.1, 0.15) is 46.0 Å². The molecule has 0 aromatic rings. The molecule has 2 rings (SSSR count). The number of hydrogen-bond acceptors (Lipinski definition) is 2. The lowest BCUT2D eigenvalue weighted by Gasteiger charge is -2.22. The largest absolute Gasteiger partial charge is 0.356 e. The van der Waals surface area contributed by atoms with Crippen LogP contribution in [0.2, 0.25) is 0 Å². The van der Waals surface area contributed by atoms with E-state index in [1.807, 2.05) is 7.05 Å². The van der Waals surface area contributed by atoms with Gasteiger partial charge in [-0.2, -0.15) is 0 Å². The summed E-state index contributed by atoms with van der Waals surface area (Å²) in [6.07, 6.45) is 6.92. The lowest BCUT2D eigenvalue weighted by atomic mass is 10.1. The van der Waals surface area contributed by atoms with Crippen LogP contribution in [0.15, 0.2) is 4.99 Å². The summed E-state index contributed by atoms with van der Waals surface area (Å²) < 4.78 is 0. The summed E-state index contributed by atoms with van der Waals surface area (Å²) in [7, 11) is 1.85. The molecule has 0 aliphatic heterocycles. The predicted molar refractivity (Wildman–Crippen MR) is 86.1 cm³/mol. The van der Waals surface area contributed by atoms with Gasteiger partial charge in [-0.3, -0.25) is 9.89 Å². The minimum atomic E-state index is 0.740. The zero-order valence-corrected chi connectivity index (χ0v) is 13.5. The Kier molecular flexibility index (Phi) is 6.14. The molecule has 4 heteroatoms. The minimum Gasteiger partial charge on any atom is -0.356 e. The normalized spacial score (nSPS) is 19.8. The Morgan fingerprint density at radius 3 is 2.40 bits per heavy atom. The smallest absolute Gasteiger partial charge is 0.191 e. The van der Waals surface area contributed by atoms with Crippen LogP contribution in [0.25, 0.3) is 0 Å². The number of nitrogens with one attached hydrogen (secondary N) is 2. The molecular formula is C16H32N4. The Morgan fingerprint density at radius 2 is 1.85 bits per heavy atom. The summed E-state index contributed by atoms with van der Waals surface area (Å²) in [5, 5.41) is 6.84. The molecule has 2 fully saturated rings. The van der Waals surface area contributed by atoms with Crippen molar-refractivity contribution < 1.29 is 0 Å².